The molecule has 0 amide bonds. The molecule has 3 aromatic rings. The van der Waals surface area contributed by atoms with E-state index in [1.807, 2.05) is 0 Å². The summed E-state index contributed by atoms with van der Waals surface area (Å²) in [6, 6.07) is 13.7. The van der Waals surface area contributed by atoms with Crippen molar-refractivity contribution >= 4 is 11.1 Å². The van der Waals surface area contributed by atoms with Crippen LogP contribution >= 0.6 is 0 Å². The van der Waals surface area contributed by atoms with Gasteiger partial charge in [-0.25, -0.2) is 13.2 Å². The Morgan fingerprint density at radius 2 is 1.69 bits per heavy atom. The zero-order valence-corrected chi connectivity index (χ0v) is 19.6. The van der Waals surface area contributed by atoms with E-state index in [2.05, 4.69) is 4.90 Å². The van der Waals surface area contributed by atoms with Gasteiger partial charge in [-0.05, 0) is 60.0 Å². The number of phenolic OH excluding ortho intramolecular Hbond substituents is 1. The second-order valence-electron chi connectivity index (χ2n) is 9.17. The third kappa shape index (κ3) is 4.65. The summed E-state index contributed by atoms with van der Waals surface area (Å²) in [5.41, 5.74) is 2.68. The van der Waals surface area contributed by atoms with Crippen molar-refractivity contribution in [2.45, 2.75) is 13.0 Å². The van der Waals surface area contributed by atoms with Crippen LogP contribution in [0.2, 0.25) is 0 Å². The number of halogens is 4. The molecule has 0 spiro atoms. The zero-order valence-electron chi connectivity index (χ0n) is 19.6. The second kappa shape index (κ2) is 9.85. The third-order valence-corrected chi connectivity index (χ3v) is 6.69. The molecule has 2 aliphatic rings. The van der Waals surface area contributed by atoms with Gasteiger partial charge in [0, 0.05) is 42.8 Å². The van der Waals surface area contributed by atoms with Crippen molar-refractivity contribution in [2.24, 2.45) is 5.92 Å². The number of hydrogen-bond acceptors (Lipinski definition) is 4. The second-order valence-corrected chi connectivity index (χ2v) is 9.17. The standard InChI is InChI=1S/C28H25F4NO3/c1-16-22-7-4-20(34)12-25(22)36-28(26(16)19-10-23(30)27(32)24(31)11-19)18-2-5-21(6-3-18)35-9-8-33-14-17(13-29)15-33/h2-7,10-12,17,28,34H,8-9,13-15H2,1H3. The fourth-order valence-electron chi connectivity index (χ4n) is 4.75. The molecule has 1 unspecified atom stereocenters. The summed E-state index contributed by atoms with van der Waals surface area (Å²) in [6.07, 6.45) is -0.767. The van der Waals surface area contributed by atoms with Gasteiger partial charge in [0.15, 0.2) is 17.5 Å². The van der Waals surface area contributed by atoms with E-state index >= 15 is 0 Å². The van der Waals surface area contributed by atoms with Crippen LogP contribution in [-0.4, -0.2) is 42.9 Å². The van der Waals surface area contributed by atoms with E-state index in [1.165, 1.54) is 12.1 Å². The van der Waals surface area contributed by atoms with Gasteiger partial charge in [-0.15, -0.1) is 0 Å². The Morgan fingerprint density at radius 3 is 2.36 bits per heavy atom. The van der Waals surface area contributed by atoms with Gasteiger partial charge in [-0.1, -0.05) is 12.1 Å². The molecule has 188 valence electrons. The van der Waals surface area contributed by atoms with Gasteiger partial charge in [0.05, 0.1) is 6.67 Å². The number of rotatable bonds is 7. The summed E-state index contributed by atoms with van der Waals surface area (Å²) in [6.45, 7) is 4.16. The molecule has 5 rings (SSSR count). The molecule has 1 fully saturated rings. The average molecular weight is 500 g/mol. The highest BCUT2D eigenvalue weighted by Gasteiger charge is 2.31. The predicted molar refractivity (Wildman–Crippen MR) is 128 cm³/mol. The molecule has 1 atom stereocenters. The topological polar surface area (TPSA) is 41.9 Å². The molecule has 8 heteroatoms. The van der Waals surface area contributed by atoms with Crippen LogP contribution in [0.15, 0.2) is 54.6 Å². The molecule has 2 heterocycles. The molecule has 1 N–H and O–H groups in total. The first-order valence-electron chi connectivity index (χ1n) is 11.7. The quantitative estimate of drug-likeness (QED) is 0.313. The van der Waals surface area contributed by atoms with Crippen molar-refractivity contribution in [1.82, 2.24) is 4.90 Å². The number of allylic oxidation sites excluding steroid dienone is 1. The van der Waals surface area contributed by atoms with Crippen molar-refractivity contribution < 1.29 is 32.1 Å². The van der Waals surface area contributed by atoms with Crippen LogP contribution in [0.25, 0.3) is 11.1 Å². The summed E-state index contributed by atoms with van der Waals surface area (Å²) >= 11 is 0. The fraction of sp³-hybridized carbons (Fsp3) is 0.286. The largest absolute Gasteiger partial charge is 0.508 e. The van der Waals surface area contributed by atoms with Crippen LogP contribution < -0.4 is 9.47 Å². The van der Waals surface area contributed by atoms with E-state index in [4.69, 9.17) is 9.47 Å². The van der Waals surface area contributed by atoms with Crippen LogP contribution in [0.5, 0.6) is 17.2 Å². The molecular formula is C28H25F4NO3. The van der Waals surface area contributed by atoms with Gasteiger partial charge in [0.1, 0.15) is 30.0 Å². The SMILES string of the molecule is CC1=C(c2cc(F)c(F)c(F)c2)C(c2ccc(OCCN3CC(CF)C3)cc2)Oc2cc(O)ccc21. The van der Waals surface area contributed by atoms with Crippen LogP contribution in [0.3, 0.4) is 0 Å². The Bertz CT molecular complexity index is 1280. The smallest absolute Gasteiger partial charge is 0.194 e. The summed E-state index contributed by atoms with van der Waals surface area (Å²) in [5, 5.41) is 9.95. The Labute approximate surface area is 206 Å². The molecule has 0 bridgehead atoms. The van der Waals surface area contributed by atoms with Crippen molar-refractivity contribution in [1.29, 1.82) is 0 Å². The van der Waals surface area contributed by atoms with Crippen molar-refractivity contribution in [2.75, 3.05) is 32.9 Å². The van der Waals surface area contributed by atoms with Crippen LogP contribution in [-0.2, 0) is 0 Å². The molecule has 36 heavy (non-hydrogen) atoms. The summed E-state index contributed by atoms with van der Waals surface area (Å²) in [4.78, 5) is 2.13. The molecule has 2 aliphatic heterocycles. The summed E-state index contributed by atoms with van der Waals surface area (Å²) < 4.78 is 66.6. The first-order chi connectivity index (χ1) is 17.3. The van der Waals surface area contributed by atoms with E-state index in [-0.39, 0.29) is 23.9 Å². The minimum Gasteiger partial charge on any atom is -0.508 e. The van der Waals surface area contributed by atoms with Gasteiger partial charge in [0.25, 0.3) is 0 Å². The maximum atomic E-state index is 14.2. The van der Waals surface area contributed by atoms with E-state index in [1.54, 1.807) is 37.3 Å². The number of nitrogens with zero attached hydrogens (tertiary/aromatic N) is 1. The maximum absolute atomic E-state index is 14.2. The lowest BCUT2D eigenvalue weighted by Gasteiger charge is -2.37. The number of alkyl halides is 1. The van der Waals surface area contributed by atoms with Crippen molar-refractivity contribution in [3.05, 3.63) is 88.7 Å². The lowest BCUT2D eigenvalue weighted by molar-refractivity contribution is 0.0668. The Balaban J connectivity index is 1.42. The first-order valence-corrected chi connectivity index (χ1v) is 11.7. The van der Waals surface area contributed by atoms with Gasteiger partial charge < -0.3 is 14.6 Å². The van der Waals surface area contributed by atoms with Gasteiger partial charge >= 0.3 is 0 Å². The Morgan fingerprint density at radius 1 is 1.00 bits per heavy atom. The predicted octanol–water partition coefficient (Wildman–Crippen LogP) is 6.15. The fourth-order valence-corrected chi connectivity index (χ4v) is 4.75. The van der Waals surface area contributed by atoms with Crippen LogP contribution in [0, 0.1) is 23.4 Å². The minimum atomic E-state index is -1.53. The van der Waals surface area contributed by atoms with Crippen LogP contribution in [0.4, 0.5) is 17.6 Å². The maximum Gasteiger partial charge on any atom is 0.194 e. The monoisotopic (exact) mass is 499 g/mol. The summed E-state index contributed by atoms with van der Waals surface area (Å²) in [7, 11) is 0. The molecule has 1 saturated heterocycles. The Kier molecular flexibility index (Phi) is 6.62. The third-order valence-electron chi connectivity index (χ3n) is 6.69. The van der Waals surface area contributed by atoms with Gasteiger partial charge in [0.2, 0.25) is 0 Å². The Hall–Kier alpha value is -3.52. The number of phenols is 1. The van der Waals surface area contributed by atoms with Crippen LogP contribution in [0.1, 0.15) is 29.7 Å². The molecular weight excluding hydrogens is 474 g/mol. The molecule has 0 radical (unpaired) electrons. The van der Waals surface area contributed by atoms with E-state index in [0.717, 1.165) is 25.2 Å². The molecule has 3 aromatic carbocycles. The summed E-state index contributed by atoms with van der Waals surface area (Å²) in [5.74, 6) is -2.90. The molecule has 0 saturated carbocycles. The number of likely N-dealkylation sites (tertiary alicyclic amines) is 1. The average Bonchev–Trinajstić information content (AvgIpc) is 2.83. The highest BCUT2D eigenvalue weighted by molar-refractivity contribution is 5.95. The lowest BCUT2D eigenvalue weighted by atomic mass is 9.86. The van der Waals surface area contributed by atoms with Gasteiger partial charge in [-0.3, -0.25) is 9.29 Å². The van der Waals surface area contributed by atoms with E-state index in [9.17, 15) is 22.7 Å². The molecule has 0 aliphatic carbocycles. The normalized spacial score (nSPS) is 18.0. The van der Waals surface area contributed by atoms with E-state index < -0.39 is 23.6 Å². The lowest BCUT2D eigenvalue weighted by Crippen LogP contribution is -2.49. The molecule has 0 aromatic heterocycles. The van der Waals surface area contributed by atoms with Gasteiger partial charge in [-0.2, -0.15) is 0 Å². The number of ether oxygens (including phenoxy) is 2. The number of aromatic hydroxyl groups is 1. The highest BCUT2D eigenvalue weighted by atomic mass is 19.2. The minimum absolute atomic E-state index is 0.0198. The number of benzene rings is 3. The van der Waals surface area contributed by atoms with Crippen molar-refractivity contribution in [3.63, 3.8) is 0 Å². The first kappa shape index (κ1) is 24.2. The zero-order chi connectivity index (χ0) is 25.4. The molecule has 4 nitrogen and oxygen atoms in total. The number of hydrogen-bond donors (Lipinski definition) is 1. The number of fused-ring (bicyclic) bond motifs is 1. The highest BCUT2D eigenvalue weighted by Crippen LogP contribution is 2.47. The van der Waals surface area contributed by atoms with Crippen molar-refractivity contribution in [3.8, 4) is 17.2 Å². The van der Waals surface area contributed by atoms with E-state index in [0.29, 0.717) is 46.9 Å².